The molecule has 4 N–H and O–H groups in total. The van der Waals surface area contributed by atoms with E-state index < -0.39 is 30.0 Å². The maximum Gasteiger partial charge on any atom is 0.419 e. The average molecular weight is 406 g/mol. The zero-order valence-electron chi connectivity index (χ0n) is 15.0. The molecule has 3 amide bonds. The Morgan fingerprint density at radius 2 is 1.93 bits per heavy atom. The van der Waals surface area contributed by atoms with E-state index in [1.807, 2.05) is 0 Å². The summed E-state index contributed by atoms with van der Waals surface area (Å²) in [7, 11) is 0. The number of urea groups is 1. The van der Waals surface area contributed by atoms with E-state index in [4.69, 9.17) is 10.6 Å². The summed E-state index contributed by atoms with van der Waals surface area (Å²) in [5.41, 5.74) is 6.12. The van der Waals surface area contributed by atoms with E-state index in [1.54, 1.807) is 11.8 Å². The molecule has 0 bridgehead atoms. The van der Waals surface area contributed by atoms with Gasteiger partial charge in [-0.25, -0.2) is 25.0 Å². The molecule has 156 valence electrons. The molecule has 1 aromatic rings. The van der Waals surface area contributed by atoms with Crippen molar-refractivity contribution in [2.24, 2.45) is 5.73 Å². The number of nitrogens with one attached hydrogen (secondary N) is 2. The molecule has 2 heterocycles. The van der Waals surface area contributed by atoms with E-state index in [0.29, 0.717) is 25.9 Å². The Bertz CT molecular complexity index is 665. The normalized spacial score (nSPS) is 16.4. The van der Waals surface area contributed by atoms with Gasteiger partial charge in [0.1, 0.15) is 12.7 Å². The molecule has 1 aliphatic rings. The molecule has 1 unspecified atom stereocenters. The summed E-state index contributed by atoms with van der Waals surface area (Å²) in [6.45, 7) is 2.42. The number of carbonyl (C=O) groups is 2. The van der Waals surface area contributed by atoms with Crippen LogP contribution >= 0.6 is 0 Å². The summed E-state index contributed by atoms with van der Waals surface area (Å²) in [5, 5.41) is 2.71. The molecule has 1 aliphatic heterocycles. The molecule has 0 saturated carbocycles. The maximum atomic E-state index is 12.5. The lowest BCUT2D eigenvalue weighted by molar-refractivity contribution is -0.138. The van der Waals surface area contributed by atoms with Crippen LogP contribution in [0, 0.1) is 0 Å². The number of hydroxylamine groups is 1. The standard InChI is InChI=1S/C15H21F3N6O4/c1-9(28-12(19)25)8-27-23-14(26)22-11-2-4-24(5-3-11)13-20-6-10(7-21-13)15(16,17)18/h6-7,9,11H,2-5,8H2,1H3,(H2,19,25)(H2,22,23,26). The Morgan fingerprint density at radius 1 is 1.32 bits per heavy atom. The first-order valence-corrected chi connectivity index (χ1v) is 8.43. The Labute approximate surface area is 158 Å². The fourth-order valence-corrected chi connectivity index (χ4v) is 2.53. The number of aromatic nitrogens is 2. The number of primary amides is 1. The topological polar surface area (TPSA) is 132 Å². The number of nitrogens with zero attached hydrogens (tertiary/aromatic N) is 3. The van der Waals surface area contributed by atoms with Gasteiger partial charge in [0, 0.05) is 31.5 Å². The number of amides is 3. The van der Waals surface area contributed by atoms with Gasteiger partial charge in [0.05, 0.1) is 5.56 Å². The summed E-state index contributed by atoms with van der Waals surface area (Å²) in [6.07, 6.45) is -3.43. The molecule has 1 aromatic heterocycles. The predicted octanol–water partition coefficient (Wildman–Crippen LogP) is 1.18. The van der Waals surface area contributed by atoms with Gasteiger partial charge in [-0.1, -0.05) is 0 Å². The van der Waals surface area contributed by atoms with Crippen molar-refractivity contribution in [3.05, 3.63) is 18.0 Å². The van der Waals surface area contributed by atoms with Crippen molar-refractivity contribution in [3.8, 4) is 0 Å². The van der Waals surface area contributed by atoms with Crippen molar-refractivity contribution < 1.29 is 32.3 Å². The van der Waals surface area contributed by atoms with E-state index in [1.165, 1.54) is 0 Å². The molecule has 0 aliphatic carbocycles. The van der Waals surface area contributed by atoms with E-state index in [-0.39, 0.29) is 18.6 Å². The molecule has 10 nitrogen and oxygen atoms in total. The summed E-state index contributed by atoms with van der Waals surface area (Å²) >= 11 is 0. The van der Waals surface area contributed by atoms with Gasteiger partial charge in [-0.2, -0.15) is 13.2 Å². The van der Waals surface area contributed by atoms with Gasteiger partial charge in [-0.05, 0) is 19.8 Å². The number of piperidine rings is 1. The van der Waals surface area contributed by atoms with Crippen molar-refractivity contribution in [1.82, 2.24) is 20.8 Å². The maximum absolute atomic E-state index is 12.5. The summed E-state index contributed by atoms with van der Waals surface area (Å²) in [6, 6.07) is -0.705. The number of hydrogen-bond donors (Lipinski definition) is 3. The van der Waals surface area contributed by atoms with Crippen LogP contribution in [0.2, 0.25) is 0 Å². The van der Waals surface area contributed by atoms with Crippen LogP contribution in [0.3, 0.4) is 0 Å². The lowest BCUT2D eigenvalue weighted by Gasteiger charge is -2.32. The van der Waals surface area contributed by atoms with Gasteiger partial charge in [0.25, 0.3) is 0 Å². The summed E-state index contributed by atoms with van der Waals surface area (Å²) in [5.74, 6) is 0.211. The number of carbonyl (C=O) groups excluding carboxylic acids is 2. The number of nitrogens with two attached hydrogens (primary N) is 1. The smallest absolute Gasteiger partial charge is 0.419 e. The van der Waals surface area contributed by atoms with Gasteiger partial charge in [0.15, 0.2) is 0 Å². The second-order valence-corrected chi connectivity index (χ2v) is 6.16. The fraction of sp³-hybridized carbons (Fsp3) is 0.600. The van der Waals surface area contributed by atoms with Gasteiger partial charge >= 0.3 is 18.3 Å². The lowest BCUT2D eigenvalue weighted by Crippen LogP contribution is -2.48. The number of ether oxygens (including phenoxy) is 1. The molecular weight excluding hydrogens is 385 g/mol. The summed E-state index contributed by atoms with van der Waals surface area (Å²) < 4.78 is 42.3. The van der Waals surface area contributed by atoms with Crippen LogP contribution in [0.15, 0.2) is 12.4 Å². The minimum absolute atomic E-state index is 0.0694. The molecule has 1 atom stereocenters. The monoisotopic (exact) mass is 406 g/mol. The number of hydrogen-bond acceptors (Lipinski definition) is 7. The molecule has 0 spiro atoms. The number of alkyl halides is 3. The van der Waals surface area contributed by atoms with Crippen LogP contribution in [0.25, 0.3) is 0 Å². The van der Waals surface area contributed by atoms with Gasteiger partial charge in [-0.3, -0.25) is 4.84 Å². The van der Waals surface area contributed by atoms with E-state index in [0.717, 1.165) is 12.4 Å². The molecular formula is C15H21F3N6O4. The van der Waals surface area contributed by atoms with Crippen LogP contribution in [0.5, 0.6) is 0 Å². The highest BCUT2D eigenvalue weighted by Crippen LogP contribution is 2.28. The fourth-order valence-electron chi connectivity index (χ4n) is 2.53. The van der Waals surface area contributed by atoms with E-state index in [9.17, 15) is 22.8 Å². The molecule has 0 radical (unpaired) electrons. The third kappa shape index (κ3) is 6.72. The zero-order chi connectivity index (χ0) is 20.7. The third-order valence-electron chi connectivity index (χ3n) is 3.88. The predicted molar refractivity (Wildman–Crippen MR) is 90.0 cm³/mol. The number of halogens is 3. The highest BCUT2D eigenvalue weighted by atomic mass is 19.4. The summed E-state index contributed by atoms with van der Waals surface area (Å²) in [4.78, 5) is 36.5. The number of rotatable bonds is 6. The van der Waals surface area contributed by atoms with Gasteiger partial charge < -0.3 is 20.7 Å². The van der Waals surface area contributed by atoms with Crippen LogP contribution in [0.4, 0.5) is 28.7 Å². The SMILES string of the molecule is CC(CONC(=O)NC1CCN(c2ncc(C(F)(F)F)cn2)CC1)OC(N)=O. The first-order valence-electron chi connectivity index (χ1n) is 8.43. The lowest BCUT2D eigenvalue weighted by atomic mass is 10.1. The first-order chi connectivity index (χ1) is 13.1. The second kappa shape index (κ2) is 9.39. The van der Waals surface area contributed by atoms with Crippen LogP contribution in [-0.2, 0) is 15.8 Å². The Hall–Kier alpha value is -2.83. The molecule has 2 rings (SSSR count). The van der Waals surface area contributed by atoms with Crippen LogP contribution in [0.1, 0.15) is 25.3 Å². The van der Waals surface area contributed by atoms with Crippen molar-refractivity contribution in [1.29, 1.82) is 0 Å². The average Bonchev–Trinajstić information content (AvgIpc) is 2.61. The quantitative estimate of drug-likeness (QED) is 0.605. The van der Waals surface area contributed by atoms with Crippen LogP contribution in [-0.4, -0.2) is 53.9 Å². The Morgan fingerprint density at radius 3 is 2.46 bits per heavy atom. The highest BCUT2D eigenvalue weighted by Gasteiger charge is 2.32. The number of anilines is 1. The van der Waals surface area contributed by atoms with E-state index >= 15 is 0 Å². The molecule has 1 saturated heterocycles. The first kappa shape index (κ1) is 21.5. The minimum Gasteiger partial charge on any atom is -0.444 e. The Kier molecular flexibility index (Phi) is 7.20. The Balaban J connectivity index is 1.70. The molecule has 0 aromatic carbocycles. The van der Waals surface area contributed by atoms with Gasteiger partial charge in [0.2, 0.25) is 5.95 Å². The molecule has 28 heavy (non-hydrogen) atoms. The largest absolute Gasteiger partial charge is 0.444 e. The molecule has 1 fully saturated rings. The zero-order valence-corrected chi connectivity index (χ0v) is 15.0. The van der Waals surface area contributed by atoms with Crippen molar-refractivity contribution in [2.75, 3.05) is 24.6 Å². The van der Waals surface area contributed by atoms with Crippen molar-refractivity contribution >= 4 is 18.1 Å². The van der Waals surface area contributed by atoms with Crippen molar-refractivity contribution in [2.45, 2.75) is 38.1 Å². The molecule has 13 heteroatoms. The minimum atomic E-state index is -4.48. The van der Waals surface area contributed by atoms with E-state index in [2.05, 4.69) is 25.5 Å². The van der Waals surface area contributed by atoms with Crippen molar-refractivity contribution in [3.63, 3.8) is 0 Å². The third-order valence-corrected chi connectivity index (χ3v) is 3.88. The van der Waals surface area contributed by atoms with Crippen LogP contribution < -0.4 is 21.4 Å². The highest BCUT2D eigenvalue weighted by molar-refractivity contribution is 5.73. The second-order valence-electron chi connectivity index (χ2n) is 6.16. The van der Waals surface area contributed by atoms with Gasteiger partial charge in [-0.15, -0.1) is 0 Å².